The molecule has 170 valence electrons. The molecule has 3 aromatic carbocycles. The minimum absolute atomic E-state index is 0.0604. The largest absolute Gasteiger partial charge is 0.441 e. The Morgan fingerprint density at radius 3 is 2.51 bits per heavy atom. The minimum atomic E-state index is -1.78. The minimum Gasteiger partial charge on any atom is -0.441 e. The third-order valence-corrected chi connectivity index (χ3v) is 6.90. The topological polar surface area (TPSA) is 107 Å². The molecular weight excluding hydrogens is 466 g/mol. The first-order valence-corrected chi connectivity index (χ1v) is 11.2. The Morgan fingerprint density at radius 1 is 1.03 bits per heavy atom. The maximum absolute atomic E-state index is 14.4. The lowest BCUT2D eigenvalue weighted by atomic mass is 9.65. The molecule has 0 saturated heterocycles. The molecule has 8 heteroatoms. The number of halogens is 1. The Bertz CT molecular complexity index is 1650. The van der Waals surface area contributed by atoms with Gasteiger partial charge >= 0.3 is 5.63 Å². The van der Waals surface area contributed by atoms with Gasteiger partial charge in [-0.3, -0.25) is 10.2 Å². The Balaban J connectivity index is 1.67. The molecular formula is C27H16ClN3O4. The molecule has 2 aliphatic rings. The van der Waals surface area contributed by atoms with Crippen LogP contribution in [0, 0.1) is 22.7 Å². The number of nitrogens with zero attached hydrogens (tertiary/aromatic N) is 2. The number of fused-ring (bicyclic) bond motifs is 6. The number of rotatable bonds is 2. The summed E-state index contributed by atoms with van der Waals surface area (Å²) in [4.78, 5) is 29.4. The van der Waals surface area contributed by atoms with Crippen LogP contribution >= 0.6 is 11.6 Å². The Labute approximate surface area is 204 Å². The van der Waals surface area contributed by atoms with Gasteiger partial charge in [-0.2, -0.15) is 5.26 Å². The Morgan fingerprint density at radius 2 is 1.74 bits per heavy atom. The van der Waals surface area contributed by atoms with Gasteiger partial charge in [-0.1, -0.05) is 54.1 Å². The fourth-order valence-electron chi connectivity index (χ4n) is 5.16. The number of nitriles is 1. The summed E-state index contributed by atoms with van der Waals surface area (Å²) in [7, 11) is 0. The van der Waals surface area contributed by atoms with Gasteiger partial charge in [0.05, 0.1) is 18.0 Å². The van der Waals surface area contributed by atoms with Gasteiger partial charge in [-0.05, 0) is 41.5 Å². The molecule has 4 aromatic rings. The van der Waals surface area contributed by atoms with E-state index >= 15 is 0 Å². The highest BCUT2D eigenvalue weighted by Crippen LogP contribution is 2.55. The number of para-hydroxylation sites is 2. The van der Waals surface area contributed by atoms with E-state index in [9.17, 15) is 14.9 Å². The van der Waals surface area contributed by atoms with Crippen molar-refractivity contribution < 1.29 is 13.9 Å². The van der Waals surface area contributed by atoms with E-state index in [0.717, 1.165) is 5.56 Å². The first kappa shape index (κ1) is 21.1. The Hall–Kier alpha value is -4.41. The number of amides is 1. The number of hydrogen-bond donors (Lipinski definition) is 1. The summed E-state index contributed by atoms with van der Waals surface area (Å²) in [6, 6.07) is 23.0. The van der Waals surface area contributed by atoms with Crippen molar-refractivity contribution in [3.05, 3.63) is 105 Å². The zero-order chi connectivity index (χ0) is 24.3. The number of carbonyl (C=O) groups is 1. The molecule has 1 amide bonds. The molecule has 2 atom stereocenters. The summed E-state index contributed by atoms with van der Waals surface area (Å²) in [5, 5.41) is 19.8. The highest BCUT2D eigenvalue weighted by atomic mass is 35.5. The molecule has 2 unspecified atom stereocenters. The number of carbonyl (C=O) groups excluding carboxylic acids is 1. The van der Waals surface area contributed by atoms with Crippen molar-refractivity contribution in [1.82, 2.24) is 0 Å². The van der Waals surface area contributed by atoms with Crippen molar-refractivity contribution in [2.75, 3.05) is 4.90 Å². The zero-order valence-electron chi connectivity index (χ0n) is 18.1. The quantitative estimate of drug-likeness (QED) is 0.414. The predicted molar refractivity (Wildman–Crippen MR) is 130 cm³/mol. The molecule has 0 fully saturated rings. The van der Waals surface area contributed by atoms with Gasteiger partial charge in [0.1, 0.15) is 22.5 Å². The number of nitrogens with one attached hydrogen (secondary N) is 1. The van der Waals surface area contributed by atoms with E-state index in [1.54, 1.807) is 65.6 Å². The molecule has 35 heavy (non-hydrogen) atoms. The summed E-state index contributed by atoms with van der Waals surface area (Å²) in [6.45, 7) is 0.190. The molecule has 1 spiro atoms. The van der Waals surface area contributed by atoms with Gasteiger partial charge in [0.15, 0.2) is 5.75 Å². The van der Waals surface area contributed by atoms with Gasteiger partial charge in [-0.25, -0.2) is 4.79 Å². The highest BCUT2D eigenvalue weighted by Gasteiger charge is 2.64. The SMILES string of the molecule is N#CC1C(=N)Oc2c(c(=O)oc3ccccc23)C12C(=O)N(Cc1ccc(Cl)cc1)c1ccccc12. The molecule has 0 aliphatic carbocycles. The number of hydrogen-bond acceptors (Lipinski definition) is 6. The van der Waals surface area contributed by atoms with Crippen molar-refractivity contribution in [2.45, 2.75) is 12.0 Å². The number of benzene rings is 3. The fraction of sp³-hybridized carbons (Fsp3) is 0.111. The molecule has 6 rings (SSSR count). The van der Waals surface area contributed by atoms with Crippen LogP contribution in [0.4, 0.5) is 5.69 Å². The van der Waals surface area contributed by atoms with Crippen molar-refractivity contribution in [3.8, 4) is 11.8 Å². The van der Waals surface area contributed by atoms with E-state index in [1.165, 1.54) is 0 Å². The van der Waals surface area contributed by atoms with E-state index in [2.05, 4.69) is 6.07 Å². The molecule has 3 heterocycles. The maximum Gasteiger partial charge on any atom is 0.344 e. The van der Waals surface area contributed by atoms with Crippen molar-refractivity contribution in [3.63, 3.8) is 0 Å². The molecule has 2 aliphatic heterocycles. The summed E-state index contributed by atoms with van der Waals surface area (Å²) >= 11 is 6.03. The van der Waals surface area contributed by atoms with Crippen LogP contribution in [0.2, 0.25) is 5.02 Å². The summed E-state index contributed by atoms with van der Waals surface area (Å²) in [6.07, 6.45) is 0. The average molecular weight is 482 g/mol. The third-order valence-electron chi connectivity index (χ3n) is 6.65. The van der Waals surface area contributed by atoms with E-state index in [4.69, 9.17) is 26.2 Å². The van der Waals surface area contributed by atoms with Crippen molar-refractivity contribution in [2.24, 2.45) is 5.92 Å². The second kappa shape index (κ2) is 7.55. The zero-order valence-corrected chi connectivity index (χ0v) is 18.9. The Kier molecular flexibility index (Phi) is 4.56. The summed E-state index contributed by atoms with van der Waals surface area (Å²) < 4.78 is 11.4. The lowest BCUT2D eigenvalue weighted by molar-refractivity contribution is -0.122. The van der Waals surface area contributed by atoms with Crippen LogP contribution in [-0.4, -0.2) is 11.8 Å². The van der Waals surface area contributed by atoms with E-state index in [0.29, 0.717) is 21.7 Å². The first-order valence-electron chi connectivity index (χ1n) is 10.8. The lowest BCUT2D eigenvalue weighted by Crippen LogP contribution is -2.54. The fourth-order valence-corrected chi connectivity index (χ4v) is 5.29. The standard InChI is InChI=1S/C27H16ClN3O4/c28-16-11-9-15(10-12-16)14-31-20-7-3-2-6-18(20)27(26(31)33)19(13-29)24(30)35-23-17-5-1-4-8-21(17)34-25(32)22(23)27/h1-12,19,30H,14H2. The van der Waals surface area contributed by atoms with Crippen LogP contribution in [0.15, 0.2) is 82.0 Å². The summed E-state index contributed by atoms with van der Waals surface area (Å²) in [5.41, 5.74) is -0.518. The second-order valence-corrected chi connectivity index (χ2v) is 8.90. The molecule has 7 nitrogen and oxygen atoms in total. The van der Waals surface area contributed by atoms with E-state index in [-0.39, 0.29) is 23.4 Å². The van der Waals surface area contributed by atoms with Crippen LogP contribution in [0.3, 0.4) is 0 Å². The van der Waals surface area contributed by atoms with Gasteiger partial charge in [-0.15, -0.1) is 0 Å². The molecule has 0 radical (unpaired) electrons. The predicted octanol–water partition coefficient (Wildman–Crippen LogP) is 4.79. The maximum atomic E-state index is 14.4. The van der Waals surface area contributed by atoms with E-state index < -0.39 is 28.8 Å². The normalized spacial score (nSPS) is 20.5. The number of ether oxygens (including phenoxy) is 1. The van der Waals surface area contributed by atoms with Crippen LogP contribution < -0.4 is 15.3 Å². The van der Waals surface area contributed by atoms with Crippen molar-refractivity contribution >= 4 is 40.1 Å². The van der Waals surface area contributed by atoms with Crippen LogP contribution in [0.1, 0.15) is 16.7 Å². The highest BCUT2D eigenvalue weighted by molar-refractivity contribution is 6.30. The van der Waals surface area contributed by atoms with Gasteiger partial charge in [0.2, 0.25) is 11.8 Å². The molecule has 0 bridgehead atoms. The van der Waals surface area contributed by atoms with E-state index in [1.807, 2.05) is 12.1 Å². The van der Waals surface area contributed by atoms with Gasteiger partial charge in [0, 0.05) is 10.7 Å². The average Bonchev–Trinajstić information content (AvgIpc) is 3.09. The lowest BCUT2D eigenvalue weighted by Gasteiger charge is -2.37. The molecule has 0 saturated carbocycles. The van der Waals surface area contributed by atoms with Crippen LogP contribution in [0.25, 0.3) is 11.0 Å². The van der Waals surface area contributed by atoms with Crippen LogP contribution in [-0.2, 0) is 16.8 Å². The molecule has 1 aromatic heterocycles. The summed E-state index contributed by atoms with van der Waals surface area (Å²) in [5.74, 6) is -2.17. The number of anilines is 1. The van der Waals surface area contributed by atoms with Gasteiger partial charge in [0.25, 0.3) is 0 Å². The van der Waals surface area contributed by atoms with Crippen molar-refractivity contribution in [1.29, 1.82) is 10.7 Å². The molecule has 1 N–H and O–H groups in total. The smallest absolute Gasteiger partial charge is 0.344 e. The van der Waals surface area contributed by atoms with Crippen LogP contribution in [0.5, 0.6) is 5.75 Å². The first-order chi connectivity index (χ1) is 17.0. The third kappa shape index (κ3) is 2.81. The monoisotopic (exact) mass is 481 g/mol. The van der Waals surface area contributed by atoms with Gasteiger partial charge < -0.3 is 14.1 Å². The second-order valence-electron chi connectivity index (χ2n) is 8.46.